The molecule has 18 heavy (non-hydrogen) atoms. The zero-order valence-corrected chi connectivity index (χ0v) is 10.3. The molecule has 0 radical (unpaired) electrons. The van der Waals surface area contributed by atoms with Gasteiger partial charge in [0.05, 0.1) is 0 Å². The Morgan fingerprint density at radius 1 is 1.33 bits per heavy atom. The Morgan fingerprint density at radius 3 is 2.44 bits per heavy atom. The molecule has 1 fully saturated rings. The Balaban J connectivity index is 2.22. The maximum Gasteiger partial charge on any atom is 0.471 e. The fraction of sp³-hybridized carbons (Fsp3) is 0.909. The van der Waals surface area contributed by atoms with Crippen molar-refractivity contribution in [3.8, 4) is 0 Å². The fourth-order valence-corrected chi connectivity index (χ4v) is 2.05. The Morgan fingerprint density at radius 2 is 1.94 bits per heavy atom. The number of nitrogens with two attached hydrogens (primary N) is 1. The second-order valence-corrected chi connectivity index (χ2v) is 4.58. The average Bonchev–Trinajstić information content (AvgIpc) is 2.33. The van der Waals surface area contributed by atoms with E-state index in [0.717, 1.165) is 24.4 Å². The van der Waals surface area contributed by atoms with Crippen LogP contribution in [-0.2, 0) is 4.79 Å². The predicted molar refractivity (Wildman–Crippen MR) is 61.9 cm³/mol. The Bertz CT molecular complexity index is 263. The van der Waals surface area contributed by atoms with Crippen LogP contribution in [0.2, 0.25) is 0 Å². The first kappa shape index (κ1) is 15.2. The molecule has 4 nitrogen and oxygen atoms in total. The molecule has 0 unspecified atom stereocenters. The first-order valence-electron chi connectivity index (χ1n) is 6.22. The molecule has 0 aromatic heterocycles. The van der Waals surface area contributed by atoms with Gasteiger partial charge in [-0.2, -0.15) is 13.2 Å². The molecule has 0 bridgehead atoms. The summed E-state index contributed by atoms with van der Waals surface area (Å²) < 4.78 is 36.6. The summed E-state index contributed by atoms with van der Waals surface area (Å²) >= 11 is 0. The SMILES string of the molecule is NCCCNCC1CCN(C(=O)C(F)(F)F)CC1. The Labute approximate surface area is 105 Å². The zero-order chi connectivity index (χ0) is 13.6. The summed E-state index contributed by atoms with van der Waals surface area (Å²) in [5.74, 6) is -1.36. The van der Waals surface area contributed by atoms with Crippen molar-refractivity contribution in [1.29, 1.82) is 0 Å². The molecule has 1 aliphatic heterocycles. The monoisotopic (exact) mass is 267 g/mol. The number of alkyl halides is 3. The van der Waals surface area contributed by atoms with E-state index in [0.29, 0.717) is 25.3 Å². The number of likely N-dealkylation sites (tertiary alicyclic amines) is 1. The number of carbonyl (C=O) groups is 1. The largest absolute Gasteiger partial charge is 0.471 e. The molecular weight excluding hydrogens is 247 g/mol. The highest BCUT2D eigenvalue weighted by atomic mass is 19.4. The molecule has 106 valence electrons. The molecule has 1 aliphatic rings. The maximum atomic E-state index is 12.2. The van der Waals surface area contributed by atoms with Gasteiger partial charge in [-0.15, -0.1) is 0 Å². The van der Waals surface area contributed by atoms with Crippen LogP contribution < -0.4 is 11.1 Å². The molecule has 1 heterocycles. The molecule has 7 heteroatoms. The lowest BCUT2D eigenvalue weighted by atomic mass is 9.96. The standard InChI is InChI=1S/C11H20F3N3O/c12-11(13,14)10(18)17-6-2-9(3-7-17)8-16-5-1-4-15/h9,16H,1-8,15H2. The second kappa shape index (κ2) is 6.94. The van der Waals surface area contributed by atoms with E-state index in [1.165, 1.54) is 0 Å². The first-order chi connectivity index (χ1) is 8.45. The highest BCUT2D eigenvalue weighted by Crippen LogP contribution is 2.23. The van der Waals surface area contributed by atoms with E-state index >= 15 is 0 Å². The van der Waals surface area contributed by atoms with Crippen molar-refractivity contribution >= 4 is 5.91 Å². The molecule has 0 atom stereocenters. The van der Waals surface area contributed by atoms with Gasteiger partial charge in [-0.05, 0) is 44.8 Å². The smallest absolute Gasteiger partial charge is 0.335 e. The minimum atomic E-state index is -4.74. The number of nitrogens with one attached hydrogen (secondary N) is 1. The van der Waals surface area contributed by atoms with Gasteiger partial charge < -0.3 is 16.0 Å². The Hall–Kier alpha value is -0.820. The molecular formula is C11H20F3N3O. The highest BCUT2D eigenvalue weighted by Gasteiger charge is 2.43. The Kier molecular flexibility index (Phi) is 5.87. The third-order valence-electron chi connectivity index (χ3n) is 3.13. The van der Waals surface area contributed by atoms with Crippen molar-refractivity contribution in [3.05, 3.63) is 0 Å². The number of hydrogen-bond acceptors (Lipinski definition) is 3. The van der Waals surface area contributed by atoms with Crippen LogP contribution in [0.25, 0.3) is 0 Å². The van der Waals surface area contributed by atoms with Crippen molar-refractivity contribution in [2.75, 3.05) is 32.7 Å². The summed E-state index contributed by atoms with van der Waals surface area (Å²) in [7, 11) is 0. The van der Waals surface area contributed by atoms with Gasteiger partial charge in [0, 0.05) is 13.1 Å². The molecule has 0 aliphatic carbocycles. The van der Waals surface area contributed by atoms with Crippen molar-refractivity contribution in [1.82, 2.24) is 10.2 Å². The number of nitrogens with zero attached hydrogens (tertiary/aromatic N) is 1. The summed E-state index contributed by atoms with van der Waals surface area (Å²) in [6.07, 6.45) is -2.60. The van der Waals surface area contributed by atoms with Gasteiger partial charge in [0.1, 0.15) is 0 Å². The third-order valence-corrected chi connectivity index (χ3v) is 3.13. The quantitative estimate of drug-likeness (QED) is 0.722. The lowest BCUT2D eigenvalue weighted by Crippen LogP contribution is -2.46. The van der Waals surface area contributed by atoms with Crippen LogP contribution in [0.15, 0.2) is 0 Å². The van der Waals surface area contributed by atoms with Crippen LogP contribution in [0.4, 0.5) is 13.2 Å². The minimum absolute atomic E-state index is 0.196. The van der Waals surface area contributed by atoms with E-state index in [2.05, 4.69) is 5.32 Å². The van der Waals surface area contributed by atoms with E-state index in [9.17, 15) is 18.0 Å². The molecule has 0 aromatic rings. The molecule has 1 amide bonds. The molecule has 0 aromatic carbocycles. The normalized spacial score (nSPS) is 18.1. The number of halogens is 3. The van der Waals surface area contributed by atoms with E-state index in [1.807, 2.05) is 0 Å². The number of piperidine rings is 1. The second-order valence-electron chi connectivity index (χ2n) is 4.58. The van der Waals surface area contributed by atoms with Gasteiger partial charge in [-0.3, -0.25) is 4.79 Å². The van der Waals surface area contributed by atoms with Crippen molar-refractivity contribution in [2.45, 2.75) is 25.4 Å². The number of hydrogen-bond donors (Lipinski definition) is 2. The van der Waals surface area contributed by atoms with Crippen molar-refractivity contribution in [2.24, 2.45) is 11.7 Å². The number of carbonyl (C=O) groups excluding carboxylic acids is 1. The van der Waals surface area contributed by atoms with Crippen LogP contribution in [0, 0.1) is 5.92 Å². The molecule has 1 saturated heterocycles. The van der Waals surface area contributed by atoms with E-state index in [4.69, 9.17) is 5.73 Å². The molecule has 0 spiro atoms. The van der Waals surface area contributed by atoms with Gasteiger partial charge in [0.2, 0.25) is 0 Å². The minimum Gasteiger partial charge on any atom is -0.335 e. The lowest BCUT2D eigenvalue weighted by molar-refractivity contribution is -0.186. The van der Waals surface area contributed by atoms with Gasteiger partial charge in [-0.1, -0.05) is 0 Å². The zero-order valence-electron chi connectivity index (χ0n) is 10.3. The van der Waals surface area contributed by atoms with Crippen molar-refractivity contribution < 1.29 is 18.0 Å². The van der Waals surface area contributed by atoms with Gasteiger partial charge in [-0.25, -0.2) is 0 Å². The van der Waals surface area contributed by atoms with Crippen LogP contribution >= 0.6 is 0 Å². The summed E-state index contributed by atoms with van der Waals surface area (Å²) in [6, 6.07) is 0. The molecule has 3 N–H and O–H groups in total. The fourth-order valence-electron chi connectivity index (χ4n) is 2.05. The maximum absolute atomic E-state index is 12.2. The van der Waals surface area contributed by atoms with Crippen LogP contribution in [-0.4, -0.2) is 49.7 Å². The summed E-state index contributed by atoms with van der Waals surface area (Å²) in [4.78, 5) is 11.9. The third kappa shape index (κ3) is 4.81. The van der Waals surface area contributed by atoms with Crippen molar-refractivity contribution in [3.63, 3.8) is 0 Å². The van der Waals surface area contributed by atoms with Gasteiger partial charge in [0.15, 0.2) is 0 Å². The summed E-state index contributed by atoms with van der Waals surface area (Å²) in [5.41, 5.74) is 5.35. The molecule has 1 rings (SSSR count). The predicted octanol–water partition coefficient (Wildman–Crippen LogP) is 0.726. The van der Waals surface area contributed by atoms with Gasteiger partial charge in [0.25, 0.3) is 0 Å². The van der Waals surface area contributed by atoms with E-state index < -0.39 is 12.1 Å². The van der Waals surface area contributed by atoms with E-state index in [-0.39, 0.29) is 13.1 Å². The number of amides is 1. The van der Waals surface area contributed by atoms with Crippen LogP contribution in [0.5, 0.6) is 0 Å². The topological polar surface area (TPSA) is 58.4 Å². The number of rotatable bonds is 5. The average molecular weight is 267 g/mol. The summed E-state index contributed by atoms with van der Waals surface area (Å²) in [6.45, 7) is 2.64. The van der Waals surface area contributed by atoms with Gasteiger partial charge >= 0.3 is 12.1 Å². The first-order valence-corrected chi connectivity index (χ1v) is 6.22. The summed E-state index contributed by atoms with van der Waals surface area (Å²) in [5, 5.41) is 3.22. The highest BCUT2D eigenvalue weighted by molar-refractivity contribution is 5.81. The van der Waals surface area contributed by atoms with E-state index in [1.54, 1.807) is 0 Å². The lowest BCUT2D eigenvalue weighted by Gasteiger charge is -2.32. The van der Waals surface area contributed by atoms with Crippen LogP contribution in [0.1, 0.15) is 19.3 Å². The molecule has 0 saturated carbocycles. The van der Waals surface area contributed by atoms with Crippen LogP contribution in [0.3, 0.4) is 0 Å².